The zero-order chi connectivity index (χ0) is 22.2. The molecule has 2 N–H and O–H groups in total. The van der Waals surface area contributed by atoms with Crippen molar-refractivity contribution in [3.05, 3.63) is 54.1 Å². The van der Waals surface area contributed by atoms with Crippen molar-refractivity contribution in [2.75, 3.05) is 49.5 Å². The van der Waals surface area contributed by atoms with Gasteiger partial charge in [-0.15, -0.1) is 0 Å². The Hall–Kier alpha value is -2.64. The highest BCUT2D eigenvalue weighted by atomic mass is 32.1. The highest BCUT2D eigenvalue weighted by molar-refractivity contribution is 7.13. The van der Waals surface area contributed by atoms with Gasteiger partial charge in [0.15, 0.2) is 0 Å². The quantitative estimate of drug-likeness (QED) is 0.451. The molecule has 0 atom stereocenters. The largest absolute Gasteiger partial charge is 0.353 e. The second kappa shape index (κ2) is 11.3. The van der Waals surface area contributed by atoms with Crippen LogP contribution < -0.4 is 15.5 Å². The molecule has 0 saturated carbocycles. The van der Waals surface area contributed by atoms with Crippen molar-refractivity contribution >= 4 is 39.2 Å². The molecule has 0 radical (unpaired) electrons. The highest BCUT2D eigenvalue weighted by Crippen LogP contribution is 2.29. The van der Waals surface area contributed by atoms with Crippen LogP contribution in [0.4, 0.5) is 16.3 Å². The maximum absolute atomic E-state index is 12.1. The molecule has 6 nitrogen and oxygen atoms in total. The first kappa shape index (κ1) is 22.6. The van der Waals surface area contributed by atoms with E-state index < -0.39 is 0 Å². The summed E-state index contributed by atoms with van der Waals surface area (Å²) >= 11 is 1.59. The summed E-state index contributed by atoms with van der Waals surface area (Å²) in [4.78, 5) is 17.0. The van der Waals surface area contributed by atoms with Gasteiger partial charge in [-0.2, -0.15) is 4.37 Å². The average molecular weight is 452 g/mol. The molecule has 1 aliphatic rings. The van der Waals surface area contributed by atoms with Gasteiger partial charge in [0.1, 0.15) is 5.82 Å². The van der Waals surface area contributed by atoms with Crippen LogP contribution in [-0.4, -0.2) is 54.6 Å². The zero-order valence-corrected chi connectivity index (χ0v) is 19.7. The average Bonchev–Trinajstić information content (AvgIpc) is 3.25. The Kier molecular flexibility index (Phi) is 7.96. The third-order valence-corrected chi connectivity index (χ3v) is 6.81. The Morgan fingerprint density at radius 2 is 1.91 bits per heavy atom. The van der Waals surface area contributed by atoms with E-state index in [9.17, 15) is 4.79 Å². The maximum Gasteiger partial charge on any atom is 0.319 e. The van der Waals surface area contributed by atoms with E-state index in [1.807, 2.05) is 12.1 Å². The normalized spacial score (nSPS) is 14.6. The summed E-state index contributed by atoms with van der Waals surface area (Å²) in [7, 11) is 0. The molecule has 0 spiro atoms. The van der Waals surface area contributed by atoms with Crippen LogP contribution in [0.15, 0.2) is 48.5 Å². The van der Waals surface area contributed by atoms with E-state index in [1.54, 1.807) is 11.5 Å². The van der Waals surface area contributed by atoms with E-state index in [0.29, 0.717) is 0 Å². The van der Waals surface area contributed by atoms with E-state index in [4.69, 9.17) is 4.37 Å². The number of unbranched alkanes of at least 4 members (excludes halogenated alkanes) is 2. The first-order valence-corrected chi connectivity index (χ1v) is 12.5. The minimum atomic E-state index is -0.121. The monoisotopic (exact) mass is 451 g/mol. The number of fused-ring (bicyclic) bond motifs is 1. The molecule has 2 amide bonds. The number of nitrogens with zero attached hydrogens (tertiary/aromatic N) is 3. The van der Waals surface area contributed by atoms with Gasteiger partial charge in [-0.25, -0.2) is 4.79 Å². The molecule has 1 saturated heterocycles. The predicted molar refractivity (Wildman–Crippen MR) is 135 cm³/mol. The number of benzene rings is 2. The smallest absolute Gasteiger partial charge is 0.319 e. The molecule has 1 fully saturated rings. The van der Waals surface area contributed by atoms with Crippen molar-refractivity contribution < 1.29 is 4.79 Å². The van der Waals surface area contributed by atoms with Gasteiger partial charge in [-0.05, 0) is 54.2 Å². The molecule has 170 valence electrons. The summed E-state index contributed by atoms with van der Waals surface area (Å²) in [6.45, 7) is 8.02. The first-order chi connectivity index (χ1) is 15.7. The molecule has 0 unspecified atom stereocenters. The summed E-state index contributed by atoms with van der Waals surface area (Å²) in [5.41, 5.74) is 2.11. The lowest BCUT2D eigenvalue weighted by Crippen LogP contribution is -2.47. The van der Waals surface area contributed by atoms with Gasteiger partial charge in [0, 0.05) is 50.3 Å². The fourth-order valence-electron chi connectivity index (χ4n) is 4.13. The minimum absolute atomic E-state index is 0.121. The number of hydrogen-bond acceptors (Lipinski definition) is 5. The first-order valence-electron chi connectivity index (χ1n) is 11.7. The number of rotatable bonds is 9. The van der Waals surface area contributed by atoms with Crippen LogP contribution in [0.1, 0.15) is 31.7 Å². The number of aromatic nitrogens is 1. The lowest BCUT2D eigenvalue weighted by molar-refractivity contribution is 0.252. The van der Waals surface area contributed by atoms with Crippen LogP contribution in [0.2, 0.25) is 0 Å². The molecule has 32 heavy (non-hydrogen) atoms. The highest BCUT2D eigenvalue weighted by Gasteiger charge is 2.20. The molecule has 7 heteroatoms. The summed E-state index contributed by atoms with van der Waals surface area (Å²) in [6, 6.07) is 16.6. The Bertz CT molecular complexity index is 1010. The third-order valence-electron chi connectivity index (χ3n) is 6.00. The fourth-order valence-corrected chi connectivity index (χ4v) is 4.92. The van der Waals surface area contributed by atoms with Crippen molar-refractivity contribution in [1.82, 2.24) is 14.6 Å². The van der Waals surface area contributed by atoms with E-state index in [2.05, 4.69) is 63.8 Å². The van der Waals surface area contributed by atoms with Crippen LogP contribution >= 0.6 is 11.5 Å². The van der Waals surface area contributed by atoms with Gasteiger partial charge < -0.3 is 15.5 Å². The molecule has 3 aromatic rings. The topological polar surface area (TPSA) is 60.5 Å². The molecule has 0 bridgehead atoms. The van der Waals surface area contributed by atoms with Gasteiger partial charge in [-0.1, -0.05) is 44.0 Å². The van der Waals surface area contributed by atoms with E-state index >= 15 is 0 Å². The molecule has 1 aromatic heterocycles. The number of carbonyl (C=O) groups is 1. The molecule has 2 aromatic carbocycles. The van der Waals surface area contributed by atoms with E-state index in [-0.39, 0.29) is 6.03 Å². The van der Waals surface area contributed by atoms with Gasteiger partial charge in [0.05, 0.1) is 4.70 Å². The Balaban J connectivity index is 1.22. The van der Waals surface area contributed by atoms with Gasteiger partial charge in [-0.3, -0.25) is 4.90 Å². The number of carbonyl (C=O) groups excluding carboxylic acids is 1. The van der Waals surface area contributed by atoms with Gasteiger partial charge in [0.2, 0.25) is 0 Å². The van der Waals surface area contributed by atoms with Crippen LogP contribution in [0, 0.1) is 0 Å². The summed E-state index contributed by atoms with van der Waals surface area (Å²) < 4.78 is 5.97. The molecular formula is C25H33N5OS. The van der Waals surface area contributed by atoms with Crippen LogP contribution in [0.3, 0.4) is 0 Å². The number of nitrogens with one attached hydrogen (secondary N) is 2. The maximum atomic E-state index is 12.1. The molecule has 2 heterocycles. The standard InChI is InChI=1S/C25H33N5OS/c1-2-3-6-13-26-25(31)27-21-9-7-8-20(19-21)12-14-29-15-17-30(18-16-29)24-22-10-4-5-11-23(22)32-28-24/h4-5,7-11,19H,2-3,6,12-18H2,1H3,(H2,26,27,31). The molecule has 0 aliphatic carbocycles. The van der Waals surface area contributed by atoms with Crippen LogP contribution in [0.5, 0.6) is 0 Å². The predicted octanol–water partition coefficient (Wildman–Crippen LogP) is 4.97. The fraction of sp³-hybridized carbons (Fsp3) is 0.440. The van der Waals surface area contributed by atoms with Crippen molar-refractivity contribution in [3.63, 3.8) is 0 Å². The van der Waals surface area contributed by atoms with E-state index in [1.165, 1.54) is 15.6 Å². The van der Waals surface area contributed by atoms with Crippen LogP contribution in [-0.2, 0) is 6.42 Å². The third kappa shape index (κ3) is 5.99. The lowest BCUT2D eigenvalue weighted by Gasteiger charge is -2.35. The van der Waals surface area contributed by atoms with E-state index in [0.717, 1.165) is 76.5 Å². The van der Waals surface area contributed by atoms with Crippen molar-refractivity contribution in [2.24, 2.45) is 0 Å². The number of hydrogen-bond donors (Lipinski definition) is 2. The number of urea groups is 1. The number of piperazine rings is 1. The Morgan fingerprint density at radius 3 is 2.75 bits per heavy atom. The lowest BCUT2D eigenvalue weighted by atomic mass is 10.1. The summed E-state index contributed by atoms with van der Waals surface area (Å²) in [5, 5.41) is 7.15. The second-order valence-corrected chi connectivity index (χ2v) is 9.17. The Labute approximate surface area is 194 Å². The Morgan fingerprint density at radius 1 is 1.06 bits per heavy atom. The van der Waals surface area contributed by atoms with Crippen molar-refractivity contribution in [1.29, 1.82) is 0 Å². The van der Waals surface area contributed by atoms with Crippen LogP contribution in [0.25, 0.3) is 10.1 Å². The molecular weight excluding hydrogens is 418 g/mol. The zero-order valence-electron chi connectivity index (χ0n) is 18.8. The number of amides is 2. The molecule has 4 rings (SSSR count). The summed E-state index contributed by atoms with van der Waals surface area (Å²) in [5.74, 6) is 1.14. The summed E-state index contributed by atoms with van der Waals surface area (Å²) in [6.07, 6.45) is 4.30. The van der Waals surface area contributed by atoms with Gasteiger partial charge >= 0.3 is 6.03 Å². The van der Waals surface area contributed by atoms with Crippen molar-refractivity contribution in [3.8, 4) is 0 Å². The molecule has 1 aliphatic heterocycles. The second-order valence-electron chi connectivity index (χ2n) is 8.37. The van der Waals surface area contributed by atoms with Gasteiger partial charge in [0.25, 0.3) is 0 Å². The minimum Gasteiger partial charge on any atom is -0.353 e. The SMILES string of the molecule is CCCCCNC(=O)Nc1cccc(CCN2CCN(c3nsc4ccccc34)CC2)c1. The van der Waals surface area contributed by atoms with Crippen molar-refractivity contribution in [2.45, 2.75) is 32.6 Å². The number of anilines is 2.